The zero-order valence-electron chi connectivity index (χ0n) is 28.2. The van der Waals surface area contributed by atoms with Crippen LogP contribution < -0.4 is 31.5 Å². The first-order chi connectivity index (χ1) is 23.7. The quantitative estimate of drug-likeness (QED) is 0.0733. The molecule has 1 amide bonds. The number of hydroxylamine groups is 2. The van der Waals surface area contributed by atoms with E-state index in [-0.39, 0.29) is 22.6 Å². The Morgan fingerprint density at radius 2 is 1.84 bits per heavy atom. The maximum atomic E-state index is 14.1. The summed E-state index contributed by atoms with van der Waals surface area (Å²) in [5.74, 6) is 5.87. The lowest BCUT2D eigenvalue weighted by Crippen LogP contribution is -2.57. The van der Waals surface area contributed by atoms with Crippen LogP contribution in [0.1, 0.15) is 50.6 Å². The normalized spacial score (nSPS) is 22.6. The van der Waals surface area contributed by atoms with Gasteiger partial charge in [0.15, 0.2) is 0 Å². The van der Waals surface area contributed by atoms with Gasteiger partial charge in [0, 0.05) is 74.4 Å². The molecule has 6 rings (SSSR count). The van der Waals surface area contributed by atoms with E-state index in [2.05, 4.69) is 44.3 Å². The van der Waals surface area contributed by atoms with E-state index in [1.807, 2.05) is 6.07 Å². The first kappa shape index (κ1) is 35.0. The Bertz CT molecular complexity index is 1560. The van der Waals surface area contributed by atoms with E-state index in [9.17, 15) is 9.18 Å². The minimum Gasteiger partial charge on any atom is -0.494 e. The fourth-order valence-corrected chi connectivity index (χ4v) is 7.60. The highest BCUT2D eigenvalue weighted by atomic mass is 35.5. The van der Waals surface area contributed by atoms with Crippen molar-refractivity contribution >= 4 is 40.4 Å². The summed E-state index contributed by atoms with van der Waals surface area (Å²) in [6, 6.07) is 9.45. The number of amidine groups is 1. The van der Waals surface area contributed by atoms with Crippen LogP contribution in [0.2, 0.25) is 5.02 Å². The fraction of sp³-hybridized carbons (Fsp3) is 0.486. The smallest absolute Gasteiger partial charge is 0.247 e. The number of nitrogens with one attached hydrogen (secondary N) is 4. The van der Waals surface area contributed by atoms with Crippen molar-refractivity contribution in [2.24, 2.45) is 5.84 Å². The monoisotopic (exact) mass is 695 g/mol. The molecule has 2 atom stereocenters. The number of piperazine rings is 1. The average molecular weight is 696 g/mol. The zero-order chi connectivity index (χ0) is 34.7. The van der Waals surface area contributed by atoms with Crippen LogP contribution in [0.4, 0.5) is 21.5 Å². The van der Waals surface area contributed by atoms with Crippen molar-refractivity contribution in [3.8, 4) is 5.75 Å². The Balaban J connectivity index is 1.18. The molecular weight excluding hydrogens is 649 g/mol. The number of carbonyl (C=O) groups is 1. The molecule has 0 unspecified atom stereocenters. The third kappa shape index (κ3) is 8.13. The summed E-state index contributed by atoms with van der Waals surface area (Å²) in [6.45, 7) is 11.4. The van der Waals surface area contributed by atoms with Gasteiger partial charge in [-0.3, -0.25) is 24.8 Å². The van der Waals surface area contributed by atoms with Crippen molar-refractivity contribution in [3.63, 3.8) is 0 Å². The molecule has 3 aliphatic heterocycles. The number of nitrogens with zero attached hydrogens (tertiary/aromatic N) is 4. The highest BCUT2D eigenvalue weighted by Crippen LogP contribution is 2.40. The number of nitrogens with two attached hydrogens (primary N) is 1. The second-order valence-corrected chi connectivity index (χ2v) is 13.6. The Kier molecular flexibility index (Phi) is 10.9. The molecule has 4 fully saturated rings. The van der Waals surface area contributed by atoms with Crippen LogP contribution >= 0.6 is 11.6 Å². The van der Waals surface area contributed by atoms with Crippen LogP contribution in [0.15, 0.2) is 54.9 Å². The van der Waals surface area contributed by atoms with Crippen molar-refractivity contribution in [3.05, 3.63) is 71.3 Å². The lowest BCUT2D eigenvalue weighted by Gasteiger charge is -2.47. The number of amides is 1. The van der Waals surface area contributed by atoms with Gasteiger partial charge in [-0.2, -0.15) is 0 Å². The Hall–Kier alpha value is -3.88. The number of ether oxygens (including phenoxy) is 1. The summed E-state index contributed by atoms with van der Waals surface area (Å²) in [5.41, 5.74) is 5.15. The van der Waals surface area contributed by atoms with Gasteiger partial charge in [0.25, 0.3) is 0 Å². The largest absolute Gasteiger partial charge is 0.494 e. The molecular formula is C35H47ClFN9O3. The van der Waals surface area contributed by atoms with Crippen LogP contribution in [0.5, 0.6) is 5.75 Å². The van der Waals surface area contributed by atoms with Crippen molar-refractivity contribution in [1.82, 2.24) is 20.3 Å². The Morgan fingerprint density at radius 1 is 1.06 bits per heavy atom. The molecule has 6 N–H and O–H groups in total. The highest BCUT2D eigenvalue weighted by Gasteiger charge is 2.37. The van der Waals surface area contributed by atoms with Crippen LogP contribution in [-0.2, 0) is 9.63 Å². The number of hydrogen-bond donors (Lipinski definition) is 5. The van der Waals surface area contributed by atoms with Gasteiger partial charge in [0.05, 0.1) is 36.8 Å². The molecule has 14 heteroatoms. The number of anilines is 3. The summed E-state index contributed by atoms with van der Waals surface area (Å²) in [6.07, 6.45) is 7.99. The molecule has 0 spiro atoms. The predicted octanol–water partition coefficient (Wildman–Crippen LogP) is 4.82. The maximum absolute atomic E-state index is 14.1. The number of rotatable bonds is 11. The maximum Gasteiger partial charge on any atom is 0.247 e. The molecule has 1 saturated carbocycles. The number of benzene rings is 2. The lowest BCUT2D eigenvalue weighted by atomic mass is 9.99. The Morgan fingerprint density at radius 3 is 2.49 bits per heavy atom. The number of piperidine rings is 1. The molecule has 0 bridgehead atoms. The fourth-order valence-electron chi connectivity index (χ4n) is 7.37. The van der Waals surface area contributed by atoms with Gasteiger partial charge in [0.1, 0.15) is 23.2 Å². The van der Waals surface area contributed by atoms with E-state index in [0.29, 0.717) is 47.8 Å². The molecule has 264 valence electrons. The number of carbonyl (C=O) groups excluding carboxylic acids is 1. The van der Waals surface area contributed by atoms with Crippen LogP contribution in [-0.4, -0.2) is 91.2 Å². The minimum absolute atomic E-state index is 0.0229. The predicted molar refractivity (Wildman–Crippen MR) is 191 cm³/mol. The summed E-state index contributed by atoms with van der Waals surface area (Å²) in [5, 5.41) is 16.6. The van der Waals surface area contributed by atoms with E-state index in [1.54, 1.807) is 19.2 Å². The number of hydrogen-bond acceptors (Lipinski definition) is 10. The molecule has 2 aromatic rings. The summed E-state index contributed by atoms with van der Waals surface area (Å²) in [7, 11) is 1.58. The van der Waals surface area contributed by atoms with Gasteiger partial charge in [0.2, 0.25) is 5.91 Å². The molecule has 12 nitrogen and oxygen atoms in total. The SMILES string of the molecule is C=CC(=O)Nc1cc(N/C(=C/C(=N)N2OCC[C@@H]2c2cc(F)cc(Cl)c2)NN)c(OC)cc1N1CCC(N2CCN(C3CC3)C[C@@H]2C)CC1. The number of methoxy groups -OCH3 is 1. The third-order valence-corrected chi connectivity index (χ3v) is 10.1. The molecule has 49 heavy (non-hydrogen) atoms. The summed E-state index contributed by atoms with van der Waals surface area (Å²) < 4.78 is 19.9. The van der Waals surface area contributed by atoms with E-state index in [1.165, 1.54) is 42.2 Å². The highest BCUT2D eigenvalue weighted by molar-refractivity contribution is 6.30. The van der Waals surface area contributed by atoms with Crippen molar-refractivity contribution in [2.75, 3.05) is 62.0 Å². The lowest BCUT2D eigenvalue weighted by molar-refractivity contribution is -0.111. The average Bonchev–Trinajstić information content (AvgIpc) is 3.83. The molecule has 4 aliphatic rings. The first-order valence-electron chi connectivity index (χ1n) is 17.0. The summed E-state index contributed by atoms with van der Waals surface area (Å²) >= 11 is 6.10. The molecule has 3 saturated heterocycles. The second kappa shape index (κ2) is 15.3. The van der Waals surface area contributed by atoms with E-state index in [0.717, 1.165) is 57.3 Å². The van der Waals surface area contributed by atoms with Gasteiger partial charge in [-0.25, -0.2) is 15.3 Å². The van der Waals surface area contributed by atoms with Gasteiger partial charge < -0.3 is 25.7 Å². The second-order valence-electron chi connectivity index (χ2n) is 13.2. The number of halogens is 2. The topological polar surface area (TPSA) is 134 Å². The third-order valence-electron chi connectivity index (χ3n) is 9.93. The zero-order valence-corrected chi connectivity index (χ0v) is 28.9. The van der Waals surface area contributed by atoms with Crippen molar-refractivity contribution in [1.29, 1.82) is 5.41 Å². The molecule has 2 aromatic carbocycles. The van der Waals surface area contributed by atoms with Crippen LogP contribution in [0.3, 0.4) is 0 Å². The van der Waals surface area contributed by atoms with Gasteiger partial charge in [-0.15, -0.1) is 0 Å². The van der Waals surface area contributed by atoms with Crippen LogP contribution in [0.25, 0.3) is 0 Å². The van der Waals surface area contributed by atoms with Crippen molar-refractivity contribution in [2.45, 2.75) is 63.2 Å². The number of hydrazine groups is 1. The molecule has 1 aliphatic carbocycles. The Labute approximate surface area is 292 Å². The standard InChI is InChI=1S/C35H47ClFN9O3/c1-4-35(47)41-28-18-29(40-34(42-39)20-33(38)46-30(9-14-49-46)23-15-24(36)17-25(37)16-23)32(48-3)19-31(28)43-10-7-27(8-11-43)45-13-12-44(21-22(45)2)26-5-6-26/h4,15-20,22,26-27,30,38,40,42H,1,5-14,21,39H2,2-3H3,(H,41,47)/b34-20-,38-33?/t22-,30+/m0/s1. The first-order valence-corrected chi connectivity index (χ1v) is 17.4. The summed E-state index contributed by atoms with van der Waals surface area (Å²) in [4.78, 5) is 26.0. The van der Waals surface area contributed by atoms with Crippen LogP contribution in [0, 0.1) is 11.2 Å². The molecule has 0 aromatic heterocycles. The van der Waals surface area contributed by atoms with Gasteiger partial charge >= 0.3 is 0 Å². The van der Waals surface area contributed by atoms with E-state index >= 15 is 0 Å². The van der Waals surface area contributed by atoms with Gasteiger partial charge in [-0.1, -0.05) is 18.2 Å². The van der Waals surface area contributed by atoms with Gasteiger partial charge in [-0.05, 0) is 68.5 Å². The van der Waals surface area contributed by atoms with E-state index < -0.39 is 11.9 Å². The van der Waals surface area contributed by atoms with Crippen molar-refractivity contribution < 1.29 is 18.8 Å². The molecule has 3 heterocycles. The van der Waals surface area contributed by atoms with E-state index in [4.69, 9.17) is 32.4 Å². The molecule has 0 radical (unpaired) electrons. The minimum atomic E-state index is -0.460.